The monoisotopic (exact) mass is 166 g/mol. The van der Waals surface area contributed by atoms with E-state index in [9.17, 15) is 0 Å². The van der Waals surface area contributed by atoms with Crippen LogP contribution in [-0.4, -0.2) is 12.7 Å². The summed E-state index contributed by atoms with van der Waals surface area (Å²) in [6.45, 7) is 5.45. The zero-order valence-corrected chi connectivity index (χ0v) is 8.10. The number of ether oxygens (including phenoxy) is 1. The second-order valence-electron chi connectivity index (χ2n) is 4.38. The van der Waals surface area contributed by atoms with E-state index in [0.717, 1.165) is 12.5 Å². The Morgan fingerprint density at radius 2 is 2.00 bits per heavy atom. The first-order valence-corrected chi connectivity index (χ1v) is 5.07. The van der Waals surface area contributed by atoms with Crippen molar-refractivity contribution in [3.8, 4) is 0 Å². The standard InChI is InChI=1S/C11H18O/c1-8-3-4-10-6-9(2)12-7-11(10)5-8/h8-9H,3-7H2,1-2H3/t8-,9?/m1/s1. The molecule has 0 aromatic heterocycles. The van der Waals surface area contributed by atoms with E-state index in [4.69, 9.17) is 4.74 Å². The Morgan fingerprint density at radius 3 is 2.83 bits per heavy atom. The fourth-order valence-electron chi connectivity index (χ4n) is 2.32. The van der Waals surface area contributed by atoms with E-state index < -0.39 is 0 Å². The molecule has 2 rings (SSSR count). The molecule has 12 heavy (non-hydrogen) atoms. The van der Waals surface area contributed by atoms with Crippen LogP contribution in [-0.2, 0) is 4.74 Å². The fraction of sp³-hybridized carbons (Fsp3) is 0.818. The predicted octanol–water partition coefficient (Wildman–Crippen LogP) is 2.91. The van der Waals surface area contributed by atoms with E-state index in [1.54, 1.807) is 11.1 Å². The van der Waals surface area contributed by atoms with Gasteiger partial charge < -0.3 is 4.74 Å². The molecule has 0 aromatic carbocycles. The van der Waals surface area contributed by atoms with Crippen molar-refractivity contribution in [1.29, 1.82) is 0 Å². The molecule has 1 aliphatic carbocycles. The Kier molecular flexibility index (Phi) is 2.22. The van der Waals surface area contributed by atoms with Gasteiger partial charge in [-0.15, -0.1) is 0 Å². The zero-order valence-electron chi connectivity index (χ0n) is 8.10. The second kappa shape index (κ2) is 3.21. The molecular formula is C11H18O. The van der Waals surface area contributed by atoms with Crippen molar-refractivity contribution in [2.24, 2.45) is 5.92 Å². The van der Waals surface area contributed by atoms with Gasteiger partial charge in [0.25, 0.3) is 0 Å². The lowest BCUT2D eigenvalue weighted by atomic mass is 9.82. The summed E-state index contributed by atoms with van der Waals surface area (Å²) in [5.41, 5.74) is 3.33. The van der Waals surface area contributed by atoms with Crippen molar-refractivity contribution in [2.45, 2.75) is 45.6 Å². The Labute approximate surface area is 74.8 Å². The Morgan fingerprint density at radius 1 is 1.17 bits per heavy atom. The highest BCUT2D eigenvalue weighted by Gasteiger charge is 2.23. The number of hydrogen-bond donors (Lipinski definition) is 0. The van der Waals surface area contributed by atoms with E-state index >= 15 is 0 Å². The summed E-state index contributed by atoms with van der Waals surface area (Å²) in [6.07, 6.45) is 5.69. The van der Waals surface area contributed by atoms with E-state index in [-0.39, 0.29) is 0 Å². The summed E-state index contributed by atoms with van der Waals surface area (Å²) in [6, 6.07) is 0. The normalized spacial score (nSPS) is 36.5. The third-order valence-corrected chi connectivity index (χ3v) is 3.11. The van der Waals surface area contributed by atoms with Crippen LogP contribution in [0, 0.1) is 5.92 Å². The SMILES string of the molecule is CC1CC2=C(CO1)C[C@H](C)CC2. The molecule has 1 nitrogen and oxygen atoms in total. The Balaban J connectivity index is 2.11. The minimum Gasteiger partial charge on any atom is -0.374 e. The van der Waals surface area contributed by atoms with Gasteiger partial charge in [0.05, 0.1) is 12.7 Å². The maximum Gasteiger partial charge on any atom is 0.0683 e. The van der Waals surface area contributed by atoms with Gasteiger partial charge >= 0.3 is 0 Å². The maximum absolute atomic E-state index is 5.64. The van der Waals surface area contributed by atoms with Crippen LogP contribution in [0.25, 0.3) is 0 Å². The molecule has 0 aromatic rings. The Bertz CT molecular complexity index is 183. The van der Waals surface area contributed by atoms with E-state index in [1.165, 1.54) is 25.7 Å². The summed E-state index contributed by atoms with van der Waals surface area (Å²) >= 11 is 0. The lowest BCUT2D eigenvalue weighted by molar-refractivity contribution is 0.0648. The van der Waals surface area contributed by atoms with Crippen LogP contribution in [0.2, 0.25) is 0 Å². The molecule has 1 aliphatic heterocycles. The molecule has 0 spiro atoms. The van der Waals surface area contributed by atoms with Crippen LogP contribution in [0.15, 0.2) is 11.1 Å². The van der Waals surface area contributed by atoms with E-state index in [2.05, 4.69) is 13.8 Å². The minimum atomic E-state index is 0.470. The zero-order chi connectivity index (χ0) is 8.55. The molecule has 1 unspecified atom stereocenters. The molecule has 0 saturated carbocycles. The third-order valence-electron chi connectivity index (χ3n) is 3.11. The molecule has 1 heterocycles. The Hall–Kier alpha value is -0.300. The molecule has 0 N–H and O–H groups in total. The molecule has 0 saturated heterocycles. The van der Waals surface area contributed by atoms with Crippen LogP contribution in [0.5, 0.6) is 0 Å². The highest BCUT2D eigenvalue weighted by atomic mass is 16.5. The first kappa shape index (κ1) is 8.31. The molecule has 2 aliphatic rings. The molecule has 0 amide bonds. The van der Waals surface area contributed by atoms with Crippen LogP contribution >= 0.6 is 0 Å². The highest BCUT2D eigenvalue weighted by Crippen LogP contribution is 2.34. The third kappa shape index (κ3) is 1.56. The van der Waals surface area contributed by atoms with Crippen LogP contribution < -0.4 is 0 Å². The fourth-order valence-corrected chi connectivity index (χ4v) is 2.32. The van der Waals surface area contributed by atoms with Crippen molar-refractivity contribution < 1.29 is 4.74 Å². The smallest absolute Gasteiger partial charge is 0.0683 e. The predicted molar refractivity (Wildman–Crippen MR) is 50.1 cm³/mol. The van der Waals surface area contributed by atoms with Gasteiger partial charge in [-0.05, 0) is 44.1 Å². The van der Waals surface area contributed by atoms with Crippen molar-refractivity contribution >= 4 is 0 Å². The lowest BCUT2D eigenvalue weighted by Gasteiger charge is -2.31. The number of hydrogen-bond acceptors (Lipinski definition) is 1. The largest absolute Gasteiger partial charge is 0.374 e. The molecule has 68 valence electrons. The van der Waals surface area contributed by atoms with Gasteiger partial charge in [0.2, 0.25) is 0 Å². The average Bonchev–Trinajstić information content (AvgIpc) is 2.05. The van der Waals surface area contributed by atoms with Gasteiger partial charge in [-0.25, -0.2) is 0 Å². The second-order valence-corrected chi connectivity index (χ2v) is 4.38. The number of rotatable bonds is 0. The first-order valence-electron chi connectivity index (χ1n) is 5.07. The average molecular weight is 166 g/mol. The van der Waals surface area contributed by atoms with Crippen molar-refractivity contribution in [3.05, 3.63) is 11.1 Å². The van der Waals surface area contributed by atoms with Gasteiger partial charge in [-0.1, -0.05) is 12.5 Å². The van der Waals surface area contributed by atoms with Crippen LogP contribution in [0.1, 0.15) is 39.5 Å². The van der Waals surface area contributed by atoms with Gasteiger partial charge in [0, 0.05) is 0 Å². The topological polar surface area (TPSA) is 9.23 Å². The summed E-state index contributed by atoms with van der Waals surface area (Å²) in [7, 11) is 0. The van der Waals surface area contributed by atoms with Crippen LogP contribution in [0.4, 0.5) is 0 Å². The van der Waals surface area contributed by atoms with Gasteiger partial charge in [0.15, 0.2) is 0 Å². The lowest BCUT2D eigenvalue weighted by Crippen LogP contribution is -2.23. The summed E-state index contributed by atoms with van der Waals surface area (Å²) in [4.78, 5) is 0. The van der Waals surface area contributed by atoms with Gasteiger partial charge in [-0.2, -0.15) is 0 Å². The van der Waals surface area contributed by atoms with Crippen LogP contribution in [0.3, 0.4) is 0 Å². The molecule has 0 bridgehead atoms. The van der Waals surface area contributed by atoms with E-state index in [0.29, 0.717) is 6.10 Å². The molecule has 2 atom stereocenters. The minimum absolute atomic E-state index is 0.470. The van der Waals surface area contributed by atoms with Gasteiger partial charge in [-0.3, -0.25) is 0 Å². The molecule has 1 heteroatoms. The van der Waals surface area contributed by atoms with Crippen molar-refractivity contribution in [2.75, 3.05) is 6.61 Å². The van der Waals surface area contributed by atoms with Gasteiger partial charge in [0.1, 0.15) is 0 Å². The maximum atomic E-state index is 5.64. The quantitative estimate of drug-likeness (QED) is 0.503. The summed E-state index contributed by atoms with van der Waals surface area (Å²) in [5, 5.41) is 0. The van der Waals surface area contributed by atoms with E-state index in [1.807, 2.05) is 0 Å². The highest BCUT2D eigenvalue weighted by molar-refractivity contribution is 5.21. The molecular weight excluding hydrogens is 148 g/mol. The molecule has 0 radical (unpaired) electrons. The molecule has 0 fully saturated rings. The van der Waals surface area contributed by atoms with Crippen molar-refractivity contribution in [3.63, 3.8) is 0 Å². The van der Waals surface area contributed by atoms with Crippen molar-refractivity contribution in [1.82, 2.24) is 0 Å². The summed E-state index contributed by atoms with van der Waals surface area (Å²) in [5.74, 6) is 0.890. The first-order chi connectivity index (χ1) is 5.75. The summed E-state index contributed by atoms with van der Waals surface area (Å²) < 4.78 is 5.64.